The molecule has 0 atom stereocenters. The Morgan fingerprint density at radius 3 is 2.75 bits per heavy atom. The first kappa shape index (κ1) is 12.8. The van der Waals surface area contributed by atoms with Crippen LogP contribution in [0.3, 0.4) is 0 Å². The van der Waals surface area contributed by atoms with Crippen LogP contribution >= 0.6 is 11.3 Å². The van der Waals surface area contributed by atoms with Gasteiger partial charge in [0.2, 0.25) is 0 Å². The van der Waals surface area contributed by atoms with Crippen LogP contribution in [0.25, 0.3) is 20.8 Å². The van der Waals surface area contributed by atoms with Gasteiger partial charge in [-0.3, -0.25) is 4.79 Å². The van der Waals surface area contributed by atoms with Crippen molar-refractivity contribution in [1.82, 2.24) is 4.98 Å². The molecule has 0 amide bonds. The van der Waals surface area contributed by atoms with E-state index in [1.807, 2.05) is 48.5 Å². The highest BCUT2D eigenvalue weighted by Crippen LogP contribution is 2.30. The summed E-state index contributed by atoms with van der Waals surface area (Å²) in [4.78, 5) is 15.9. The largest absolute Gasteiger partial charge is 0.469 e. The maximum absolute atomic E-state index is 11.3. The molecule has 1 aromatic heterocycles. The van der Waals surface area contributed by atoms with E-state index >= 15 is 0 Å². The molecule has 0 bridgehead atoms. The van der Waals surface area contributed by atoms with Crippen molar-refractivity contribution >= 4 is 27.5 Å². The molecule has 3 nitrogen and oxygen atoms in total. The predicted molar refractivity (Wildman–Crippen MR) is 80.8 cm³/mol. The molecule has 0 radical (unpaired) electrons. The van der Waals surface area contributed by atoms with Crippen LogP contribution in [0.5, 0.6) is 0 Å². The minimum atomic E-state index is -0.233. The van der Waals surface area contributed by atoms with E-state index in [1.165, 1.54) is 7.11 Å². The summed E-state index contributed by atoms with van der Waals surface area (Å²) in [5.74, 6) is -0.233. The van der Waals surface area contributed by atoms with Gasteiger partial charge < -0.3 is 4.74 Å². The van der Waals surface area contributed by atoms with Gasteiger partial charge in [-0.15, -0.1) is 11.3 Å². The molecule has 0 fully saturated rings. The molecular formula is C16H13NO2S. The normalized spacial score (nSPS) is 10.7. The number of rotatable bonds is 3. The predicted octanol–water partition coefficient (Wildman–Crippen LogP) is 3.68. The van der Waals surface area contributed by atoms with Crippen LogP contribution in [-0.2, 0) is 16.0 Å². The smallest absolute Gasteiger partial charge is 0.309 e. The fourth-order valence-corrected chi connectivity index (χ4v) is 2.98. The van der Waals surface area contributed by atoms with Crippen LogP contribution < -0.4 is 0 Å². The minimum Gasteiger partial charge on any atom is -0.469 e. The van der Waals surface area contributed by atoms with Gasteiger partial charge in [0.05, 0.1) is 23.7 Å². The van der Waals surface area contributed by atoms with Crippen molar-refractivity contribution in [2.45, 2.75) is 6.42 Å². The Morgan fingerprint density at radius 1 is 1.20 bits per heavy atom. The third-order valence-corrected chi connectivity index (χ3v) is 4.13. The first-order valence-electron chi connectivity index (χ1n) is 6.28. The maximum Gasteiger partial charge on any atom is 0.309 e. The minimum absolute atomic E-state index is 0.233. The van der Waals surface area contributed by atoms with E-state index in [0.29, 0.717) is 0 Å². The Bertz CT molecular complexity index is 750. The van der Waals surface area contributed by atoms with Gasteiger partial charge in [-0.1, -0.05) is 36.4 Å². The number of ether oxygens (including phenoxy) is 1. The van der Waals surface area contributed by atoms with Crippen molar-refractivity contribution in [3.05, 3.63) is 54.1 Å². The molecule has 2 aromatic carbocycles. The maximum atomic E-state index is 11.3. The van der Waals surface area contributed by atoms with E-state index in [-0.39, 0.29) is 12.4 Å². The SMILES string of the molecule is COC(=O)Cc1ccc2sc(-c3ccccc3)nc2c1. The first-order chi connectivity index (χ1) is 9.76. The van der Waals surface area contributed by atoms with E-state index in [4.69, 9.17) is 0 Å². The molecule has 0 aliphatic rings. The lowest BCUT2D eigenvalue weighted by molar-refractivity contribution is -0.139. The van der Waals surface area contributed by atoms with Gasteiger partial charge in [0.25, 0.3) is 0 Å². The number of hydrogen-bond acceptors (Lipinski definition) is 4. The highest BCUT2D eigenvalue weighted by atomic mass is 32.1. The van der Waals surface area contributed by atoms with Gasteiger partial charge in [0.1, 0.15) is 5.01 Å². The second-order valence-electron chi connectivity index (χ2n) is 4.44. The topological polar surface area (TPSA) is 39.2 Å². The van der Waals surface area contributed by atoms with Crippen molar-refractivity contribution in [3.63, 3.8) is 0 Å². The van der Waals surface area contributed by atoms with E-state index in [0.717, 1.165) is 26.4 Å². The van der Waals surface area contributed by atoms with Crippen molar-refractivity contribution in [1.29, 1.82) is 0 Å². The number of carbonyl (C=O) groups is 1. The van der Waals surface area contributed by atoms with Crippen molar-refractivity contribution in [2.75, 3.05) is 7.11 Å². The lowest BCUT2D eigenvalue weighted by Crippen LogP contribution is -2.03. The van der Waals surface area contributed by atoms with Gasteiger partial charge in [0.15, 0.2) is 0 Å². The Labute approximate surface area is 120 Å². The van der Waals surface area contributed by atoms with E-state index in [2.05, 4.69) is 9.72 Å². The van der Waals surface area contributed by atoms with Crippen molar-refractivity contribution in [2.24, 2.45) is 0 Å². The van der Waals surface area contributed by atoms with Crippen LogP contribution in [0.2, 0.25) is 0 Å². The second kappa shape index (κ2) is 5.43. The number of fused-ring (bicyclic) bond motifs is 1. The molecule has 0 saturated carbocycles. The number of aromatic nitrogens is 1. The number of benzene rings is 2. The molecule has 0 aliphatic carbocycles. The van der Waals surface area contributed by atoms with Crippen molar-refractivity contribution in [3.8, 4) is 10.6 Å². The molecule has 0 saturated heterocycles. The Kier molecular flexibility index (Phi) is 3.48. The van der Waals surface area contributed by atoms with E-state index < -0.39 is 0 Å². The molecule has 100 valence electrons. The van der Waals surface area contributed by atoms with Gasteiger partial charge in [0, 0.05) is 5.56 Å². The molecule has 4 heteroatoms. The van der Waals surface area contributed by atoms with E-state index in [9.17, 15) is 4.79 Å². The van der Waals surface area contributed by atoms with Crippen LogP contribution in [0.1, 0.15) is 5.56 Å². The van der Waals surface area contributed by atoms with Crippen LogP contribution in [0.15, 0.2) is 48.5 Å². The van der Waals surface area contributed by atoms with Gasteiger partial charge in [-0.05, 0) is 17.7 Å². The average Bonchev–Trinajstić information content (AvgIpc) is 2.91. The highest BCUT2D eigenvalue weighted by Gasteiger charge is 2.08. The zero-order valence-corrected chi connectivity index (χ0v) is 11.8. The number of carbonyl (C=O) groups excluding carboxylic acids is 1. The summed E-state index contributed by atoms with van der Waals surface area (Å²) in [6.07, 6.45) is 0.282. The fraction of sp³-hybridized carbons (Fsp3) is 0.125. The number of nitrogens with zero attached hydrogens (tertiary/aromatic N) is 1. The third kappa shape index (κ3) is 2.56. The molecule has 0 N–H and O–H groups in total. The van der Waals surface area contributed by atoms with Crippen LogP contribution in [0, 0.1) is 0 Å². The standard InChI is InChI=1S/C16H13NO2S/c1-19-15(18)10-11-7-8-14-13(9-11)17-16(20-14)12-5-3-2-4-6-12/h2-9H,10H2,1H3. The molecule has 1 heterocycles. The Balaban J connectivity index is 1.97. The number of hydrogen-bond donors (Lipinski definition) is 0. The summed E-state index contributed by atoms with van der Waals surface area (Å²) in [5.41, 5.74) is 2.97. The summed E-state index contributed by atoms with van der Waals surface area (Å²) in [5, 5.41) is 0.996. The zero-order valence-electron chi connectivity index (χ0n) is 11.0. The molecule has 3 aromatic rings. The summed E-state index contributed by atoms with van der Waals surface area (Å²) in [6, 6.07) is 16.0. The molecule has 3 rings (SSSR count). The Hall–Kier alpha value is -2.20. The average molecular weight is 283 g/mol. The third-order valence-electron chi connectivity index (χ3n) is 3.05. The summed E-state index contributed by atoms with van der Waals surface area (Å²) in [7, 11) is 1.40. The number of methoxy groups -OCH3 is 1. The summed E-state index contributed by atoms with van der Waals surface area (Å²) < 4.78 is 5.81. The van der Waals surface area contributed by atoms with Crippen LogP contribution in [0.4, 0.5) is 0 Å². The first-order valence-corrected chi connectivity index (χ1v) is 7.09. The van der Waals surface area contributed by atoms with Gasteiger partial charge >= 0.3 is 5.97 Å². The van der Waals surface area contributed by atoms with Gasteiger partial charge in [-0.2, -0.15) is 0 Å². The molecular weight excluding hydrogens is 270 g/mol. The zero-order chi connectivity index (χ0) is 13.9. The monoisotopic (exact) mass is 283 g/mol. The molecule has 0 aliphatic heterocycles. The summed E-state index contributed by atoms with van der Waals surface area (Å²) in [6.45, 7) is 0. The number of esters is 1. The second-order valence-corrected chi connectivity index (χ2v) is 5.47. The quantitative estimate of drug-likeness (QED) is 0.688. The van der Waals surface area contributed by atoms with Gasteiger partial charge in [-0.25, -0.2) is 4.98 Å². The molecule has 20 heavy (non-hydrogen) atoms. The highest BCUT2D eigenvalue weighted by molar-refractivity contribution is 7.21. The molecule has 0 unspecified atom stereocenters. The molecule has 0 spiro atoms. The lowest BCUT2D eigenvalue weighted by Gasteiger charge is -1.99. The van der Waals surface area contributed by atoms with Crippen molar-refractivity contribution < 1.29 is 9.53 Å². The lowest BCUT2D eigenvalue weighted by atomic mass is 10.1. The number of thiazole rings is 1. The van der Waals surface area contributed by atoms with E-state index in [1.54, 1.807) is 11.3 Å². The van der Waals surface area contributed by atoms with Crippen LogP contribution in [-0.4, -0.2) is 18.1 Å². The fourth-order valence-electron chi connectivity index (χ4n) is 2.03. The Morgan fingerprint density at radius 2 is 2.00 bits per heavy atom. The summed E-state index contributed by atoms with van der Waals surface area (Å²) >= 11 is 1.66.